The first-order valence-corrected chi connectivity index (χ1v) is 7.83. The molecular weight excluding hydrogens is 346 g/mol. The Morgan fingerprint density at radius 2 is 1.91 bits per heavy atom. The quantitative estimate of drug-likeness (QED) is 0.834. The highest BCUT2D eigenvalue weighted by Gasteiger charge is 2.15. The normalized spacial score (nSPS) is 11.6. The Labute approximate surface area is 138 Å². The van der Waals surface area contributed by atoms with Crippen molar-refractivity contribution >= 4 is 27.5 Å². The van der Waals surface area contributed by atoms with E-state index in [1.807, 2.05) is 49.4 Å². The average molecular weight is 364 g/mol. The molecule has 2 rings (SSSR count). The maximum Gasteiger partial charge on any atom is 0.265 e. The van der Waals surface area contributed by atoms with Crippen LogP contribution in [0.2, 0.25) is 0 Å². The van der Waals surface area contributed by atoms with Gasteiger partial charge in [0.2, 0.25) is 0 Å². The smallest absolute Gasteiger partial charge is 0.265 e. The fourth-order valence-electron chi connectivity index (χ4n) is 1.85. The molecule has 2 aromatic carbocycles. The van der Waals surface area contributed by atoms with E-state index in [4.69, 9.17) is 9.47 Å². The van der Waals surface area contributed by atoms with Gasteiger partial charge in [-0.05, 0) is 50.2 Å². The van der Waals surface area contributed by atoms with Crippen LogP contribution >= 0.6 is 15.9 Å². The van der Waals surface area contributed by atoms with Gasteiger partial charge in [-0.1, -0.05) is 22.0 Å². The molecule has 0 aliphatic rings. The van der Waals surface area contributed by atoms with Gasteiger partial charge in [-0.2, -0.15) is 0 Å². The zero-order valence-corrected chi connectivity index (χ0v) is 14.1. The van der Waals surface area contributed by atoms with Crippen LogP contribution in [0, 0.1) is 0 Å². The van der Waals surface area contributed by atoms with E-state index in [0.29, 0.717) is 18.0 Å². The second kappa shape index (κ2) is 7.84. The molecule has 1 atom stereocenters. The summed E-state index contributed by atoms with van der Waals surface area (Å²) in [5, 5.41) is 2.82. The van der Waals surface area contributed by atoms with E-state index in [1.165, 1.54) is 0 Å². The molecule has 0 saturated carbocycles. The molecule has 0 bridgehead atoms. The highest BCUT2D eigenvalue weighted by molar-refractivity contribution is 9.10. The lowest BCUT2D eigenvalue weighted by Crippen LogP contribution is -2.30. The molecule has 4 nitrogen and oxygen atoms in total. The van der Waals surface area contributed by atoms with Gasteiger partial charge in [0.25, 0.3) is 5.91 Å². The third kappa shape index (κ3) is 4.77. The van der Waals surface area contributed by atoms with Crippen LogP contribution in [0.3, 0.4) is 0 Å². The molecule has 0 saturated heterocycles. The summed E-state index contributed by atoms with van der Waals surface area (Å²) in [6, 6.07) is 14.6. The number of nitrogens with one attached hydrogen (secondary N) is 1. The molecule has 0 aromatic heterocycles. The number of benzene rings is 2. The predicted molar refractivity (Wildman–Crippen MR) is 90.5 cm³/mol. The number of carbonyl (C=O) groups is 1. The van der Waals surface area contributed by atoms with Gasteiger partial charge in [-0.25, -0.2) is 0 Å². The van der Waals surface area contributed by atoms with E-state index in [-0.39, 0.29) is 5.91 Å². The highest BCUT2D eigenvalue weighted by Crippen LogP contribution is 2.19. The summed E-state index contributed by atoms with van der Waals surface area (Å²) >= 11 is 3.36. The van der Waals surface area contributed by atoms with Crippen LogP contribution in [0.4, 0.5) is 5.69 Å². The lowest BCUT2D eigenvalue weighted by molar-refractivity contribution is -0.122. The van der Waals surface area contributed by atoms with Crippen molar-refractivity contribution in [3.63, 3.8) is 0 Å². The third-order valence-corrected chi connectivity index (χ3v) is 3.44. The number of carbonyl (C=O) groups excluding carboxylic acids is 1. The largest absolute Gasteiger partial charge is 0.494 e. The maximum absolute atomic E-state index is 12.2. The summed E-state index contributed by atoms with van der Waals surface area (Å²) in [6.07, 6.45) is -0.600. The molecule has 22 heavy (non-hydrogen) atoms. The first-order valence-electron chi connectivity index (χ1n) is 7.04. The van der Waals surface area contributed by atoms with E-state index in [0.717, 1.165) is 10.2 Å². The summed E-state index contributed by atoms with van der Waals surface area (Å²) in [7, 11) is 0. The van der Waals surface area contributed by atoms with Gasteiger partial charge >= 0.3 is 0 Å². The van der Waals surface area contributed by atoms with Crippen LogP contribution in [0.5, 0.6) is 11.5 Å². The molecule has 0 spiro atoms. The minimum Gasteiger partial charge on any atom is -0.494 e. The molecule has 0 radical (unpaired) electrons. The van der Waals surface area contributed by atoms with Crippen LogP contribution in [-0.2, 0) is 4.79 Å². The fourth-order valence-corrected chi connectivity index (χ4v) is 2.11. The van der Waals surface area contributed by atoms with Gasteiger partial charge in [0.05, 0.1) is 6.61 Å². The first kappa shape index (κ1) is 16.4. The van der Waals surface area contributed by atoms with Crippen molar-refractivity contribution in [3.05, 3.63) is 53.0 Å². The van der Waals surface area contributed by atoms with Crippen molar-refractivity contribution in [3.8, 4) is 11.5 Å². The van der Waals surface area contributed by atoms with Gasteiger partial charge in [0.1, 0.15) is 11.5 Å². The molecule has 0 heterocycles. The van der Waals surface area contributed by atoms with Gasteiger partial charge in [-0.15, -0.1) is 0 Å². The Hall–Kier alpha value is -2.01. The van der Waals surface area contributed by atoms with Crippen molar-refractivity contribution in [2.75, 3.05) is 11.9 Å². The van der Waals surface area contributed by atoms with E-state index < -0.39 is 6.10 Å². The monoisotopic (exact) mass is 363 g/mol. The Morgan fingerprint density at radius 1 is 1.18 bits per heavy atom. The molecule has 0 aliphatic carbocycles. The lowest BCUT2D eigenvalue weighted by Gasteiger charge is -2.15. The van der Waals surface area contributed by atoms with Crippen molar-refractivity contribution in [1.29, 1.82) is 0 Å². The second-order valence-corrected chi connectivity index (χ2v) is 5.58. The van der Waals surface area contributed by atoms with E-state index in [2.05, 4.69) is 21.2 Å². The summed E-state index contributed by atoms with van der Waals surface area (Å²) < 4.78 is 12.0. The lowest BCUT2D eigenvalue weighted by atomic mass is 10.2. The Balaban J connectivity index is 1.96. The van der Waals surface area contributed by atoms with Crippen molar-refractivity contribution in [1.82, 2.24) is 0 Å². The van der Waals surface area contributed by atoms with E-state index in [9.17, 15) is 4.79 Å². The van der Waals surface area contributed by atoms with Gasteiger partial charge < -0.3 is 14.8 Å². The topological polar surface area (TPSA) is 47.6 Å². The first-order chi connectivity index (χ1) is 10.6. The Bertz CT molecular complexity index is 628. The standard InChI is InChI=1S/C17H18BrNO3/c1-3-21-16-6-4-5-14(11-16)19-17(20)12(2)22-15-9-7-13(18)8-10-15/h4-12H,3H2,1-2H3,(H,19,20)/t12-/m1/s1. The van der Waals surface area contributed by atoms with Crippen LogP contribution in [0.1, 0.15) is 13.8 Å². The summed E-state index contributed by atoms with van der Waals surface area (Å²) in [6.45, 7) is 4.21. The Kier molecular flexibility index (Phi) is 5.83. The number of halogens is 1. The summed E-state index contributed by atoms with van der Waals surface area (Å²) in [4.78, 5) is 12.2. The van der Waals surface area contributed by atoms with E-state index in [1.54, 1.807) is 13.0 Å². The molecule has 0 unspecified atom stereocenters. The summed E-state index contributed by atoms with van der Waals surface area (Å²) in [5.41, 5.74) is 0.683. The predicted octanol–water partition coefficient (Wildman–Crippen LogP) is 4.25. The van der Waals surface area contributed by atoms with Crippen LogP contribution in [0.25, 0.3) is 0 Å². The summed E-state index contributed by atoms with van der Waals surface area (Å²) in [5.74, 6) is 1.16. The van der Waals surface area contributed by atoms with Crippen molar-refractivity contribution in [2.45, 2.75) is 20.0 Å². The SMILES string of the molecule is CCOc1cccc(NC(=O)[C@@H](C)Oc2ccc(Br)cc2)c1. The van der Waals surface area contributed by atoms with Crippen molar-refractivity contribution in [2.24, 2.45) is 0 Å². The van der Waals surface area contributed by atoms with E-state index >= 15 is 0 Å². The molecular formula is C17H18BrNO3. The minimum absolute atomic E-state index is 0.212. The number of hydrogen-bond donors (Lipinski definition) is 1. The number of rotatable bonds is 6. The number of ether oxygens (including phenoxy) is 2. The third-order valence-electron chi connectivity index (χ3n) is 2.91. The maximum atomic E-state index is 12.2. The molecule has 1 N–H and O–H groups in total. The van der Waals surface area contributed by atoms with Gasteiger partial charge in [0, 0.05) is 16.2 Å². The number of anilines is 1. The fraction of sp³-hybridized carbons (Fsp3) is 0.235. The van der Waals surface area contributed by atoms with Gasteiger partial charge in [0.15, 0.2) is 6.10 Å². The Morgan fingerprint density at radius 3 is 2.59 bits per heavy atom. The zero-order valence-electron chi connectivity index (χ0n) is 12.5. The second-order valence-electron chi connectivity index (χ2n) is 4.66. The number of amides is 1. The molecule has 0 fully saturated rings. The highest BCUT2D eigenvalue weighted by atomic mass is 79.9. The molecule has 116 valence electrons. The molecule has 0 aliphatic heterocycles. The molecule has 2 aromatic rings. The van der Waals surface area contributed by atoms with Crippen molar-refractivity contribution < 1.29 is 14.3 Å². The van der Waals surface area contributed by atoms with Crippen LogP contribution in [0.15, 0.2) is 53.0 Å². The van der Waals surface area contributed by atoms with Gasteiger partial charge in [-0.3, -0.25) is 4.79 Å². The van der Waals surface area contributed by atoms with Crippen LogP contribution in [-0.4, -0.2) is 18.6 Å². The number of hydrogen-bond acceptors (Lipinski definition) is 3. The molecule has 1 amide bonds. The minimum atomic E-state index is -0.600. The molecule has 5 heteroatoms. The van der Waals surface area contributed by atoms with Crippen LogP contribution < -0.4 is 14.8 Å². The average Bonchev–Trinajstić information content (AvgIpc) is 2.50. The zero-order chi connectivity index (χ0) is 15.9.